The van der Waals surface area contributed by atoms with Crippen LogP contribution in [-0.2, 0) is 24.1 Å². The zero-order valence-electron chi connectivity index (χ0n) is 16.1. The SMILES string of the molecule is CCc1ncc(C2=NC(c3ccc(C)cc3)NO2)c2c1CC(C)(C)CC2. The first-order chi connectivity index (χ1) is 12.5. The van der Waals surface area contributed by atoms with Crippen molar-refractivity contribution in [3.63, 3.8) is 0 Å². The van der Waals surface area contributed by atoms with E-state index in [2.05, 4.69) is 57.4 Å². The fourth-order valence-electron chi connectivity index (χ4n) is 3.95. The van der Waals surface area contributed by atoms with Gasteiger partial charge in [-0.1, -0.05) is 50.6 Å². The summed E-state index contributed by atoms with van der Waals surface area (Å²) < 4.78 is 0. The van der Waals surface area contributed by atoms with E-state index in [9.17, 15) is 0 Å². The summed E-state index contributed by atoms with van der Waals surface area (Å²) in [6, 6.07) is 8.40. The molecule has 136 valence electrons. The lowest BCUT2D eigenvalue weighted by atomic mass is 9.73. The van der Waals surface area contributed by atoms with E-state index in [-0.39, 0.29) is 6.17 Å². The maximum Gasteiger partial charge on any atom is 0.244 e. The van der Waals surface area contributed by atoms with Gasteiger partial charge in [-0.3, -0.25) is 4.98 Å². The molecular weight excluding hydrogens is 322 g/mol. The van der Waals surface area contributed by atoms with Crippen molar-refractivity contribution in [2.45, 2.75) is 59.5 Å². The Balaban J connectivity index is 1.70. The Bertz CT molecular complexity index is 852. The van der Waals surface area contributed by atoms with Crippen LogP contribution >= 0.6 is 0 Å². The van der Waals surface area contributed by atoms with E-state index in [0.29, 0.717) is 11.3 Å². The van der Waals surface area contributed by atoms with Gasteiger partial charge in [0.25, 0.3) is 0 Å². The lowest BCUT2D eigenvalue weighted by Gasteiger charge is -2.33. The number of benzene rings is 1. The quantitative estimate of drug-likeness (QED) is 0.890. The third kappa shape index (κ3) is 3.14. The number of aromatic nitrogens is 1. The zero-order valence-corrected chi connectivity index (χ0v) is 16.1. The summed E-state index contributed by atoms with van der Waals surface area (Å²) in [5, 5.41) is 0. The molecular formula is C22H27N3O. The largest absolute Gasteiger partial charge is 0.386 e. The Morgan fingerprint density at radius 2 is 1.96 bits per heavy atom. The smallest absolute Gasteiger partial charge is 0.244 e. The molecule has 0 bridgehead atoms. The molecule has 1 aromatic carbocycles. The molecule has 26 heavy (non-hydrogen) atoms. The maximum atomic E-state index is 5.79. The van der Waals surface area contributed by atoms with Gasteiger partial charge in [-0.15, -0.1) is 5.48 Å². The molecule has 4 heteroatoms. The van der Waals surface area contributed by atoms with Crippen molar-refractivity contribution in [2.75, 3.05) is 0 Å². The van der Waals surface area contributed by atoms with Gasteiger partial charge >= 0.3 is 0 Å². The van der Waals surface area contributed by atoms with Crippen LogP contribution in [0.5, 0.6) is 0 Å². The van der Waals surface area contributed by atoms with E-state index >= 15 is 0 Å². The number of hydrogen-bond donors (Lipinski definition) is 1. The zero-order chi connectivity index (χ0) is 18.3. The average Bonchev–Trinajstić information content (AvgIpc) is 3.10. The highest BCUT2D eigenvalue weighted by molar-refractivity contribution is 5.96. The van der Waals surface area contributed by atoms with Crippen LogP contribution in [0.15, 0.2) is 35.5 Å². The molecule has 1 aliphatic carbocycles. The van der Waals surface area contributed by atoms with Gasteiger partial charge in [0.15, 0.2) is 6.17 Å². The molecule has 0 spiro atoms. The van der Waals surface area contributed by atoms with Crippen molar-refractivity contribution in [1.82, 2.24) is 10.5 Å². The molecule has 4 nitrogen and oxygen atoms in total. The van der Waals surface area contributed by atoms with Gasteiger partial charge in [-0.05, 0) is 54.7 Å². The number of hydrogen-bond acceptors (Lipinski definition) is 4. The normalized spacial score (nSPS) is 21.1. The minimum atomic E-state index is -0.160. The second-order valence-electron chi connectivity index (χ2n) is 8.24. The summed E-state index contributed by atoms with van der Waals surface area (Å²) >= 11 is 0. The summed E-state index contributed by atoms with van der Waals surface area (Å²) in [6.45, 7) is 8.97. The first kappa shape index (κ1) is 17.2. The van der Waals surface area contributed by atoms with E-state index in [0.717, 1.165) is 30.4 Å². The highest BCUT2D eigenvalue weighted by atomic mass is 16.7. The number of aryl methyl sites for hydroxylation is 2. The molecule has 1 unspecified atom stereocenters. The molecule has 2 aromatic rings. The van der Waals surface area contributed by atoms with E-state index in [1.54, 1.807) is 0 Å². The van der Waals surface area contributed by atoms with Gasteiger partial charge in [-0.25, -0.2) is 4.99 Å². The topological polar surface area (TPSA) is 46.5 Å². The van der Waals surface area contributed by atoms with Gasteiger partial charge in [0.05, 0.1) is 5.56 Å². The summed E-state index contributed by atoms with van der Waals surface area (Å²) in [4.78, 5) is 15.3. The van der Waals surface area contributed by atoms with Crippen LogP contribution in [0.1, 0.15) is 66.9 Å². The number of fused-ring (bicyclic) bond motifs is 1. The average molecular weight is 349 g/mol. The number of hydroxylamine groups is 1. The maximum absolute atomic E-state index is 5.79. The molecule has 2 heterocycles. The van der Waals surface area contributed by atoms with Gasteiger partial charge in [0.2, 0.25) is 5.90 Å². The van der Waals surface area contributed by atoms with Crippen molar-refractivity contribution in [1.29, 1.82) is 0 Å². The Kier molecular flexibility index (Phi) is 4.31. The van der Waals surface area contributed by atoms with Gasteiger partial charge in [0.1, 0.15) is 0 Å². The Labute approximate surface area is 155 Å². The van der Waals surface area contributed by atoms with Crippen molar-refractivity contribution in [3.05, 3.63) is 64.0 Å². The molecule has 1 atom stereocenters. The summed E-state index contributed by atoms with van der Waals surface area (Å²) in [5.41, 5.74) is 10.8. The van der Waals surface area contributed by atoms with Crippen molar-refractivity contribution in [3.8, 4) is 0 Å². The lowest BCUT2D eigenvalue weighted by Crippen LogP contribution is -2.26. The second-order valence-corrected chi connectivity index (χ2v) is 8.24. The molecule has 1 N–H and O–H groups in total. The number of rotatable bonds is 3. The molecule has 4 rings (SSSR count). The fourth-order valence-corrected chi connectivity index (χ4v) is 3.95. The van der Waals surface area contributed by atoms with Crippen LogP contribution in [0.2, 0.25) is 0 Å². The molecule has 1 aliphatic heterocycles. The highest BCUT2D eigenvalue weighted by Gasteiger charge is 2.32. The third-order valence-corrected chi connectivity index (χ3v) is 5.57. The van der Waals surface area contributed by atoms with Gasteiger partial charge in [0, 0.05) is 11.9 Å². The molecule has 0 saturated carbocycles. The van der Waals surface area contributed by atoms with Crippen LogP contribution in [0.3, 0.4) is 0 Å². The minimum Gasteiger partial charge on any atom is -0.386 e. The second kappa shape index (κ2) is 6.51. The molecule has 2 aliphatic rings. The fraction of sp³-hybridized carbons (Fsp3) is 0.455. The van der Waals surface area contributed by atoms with Crippen LogP contribution in [-0.4, -0.2) is 10.9 Å². The Morgan fingerprint density at radius 1 is 1.19 bits per heavy atom. The summed E-state index contributed by atoms with van der Waals surface area (Å²) in [5.74, 6) is 0.668. The lowest BCUT2D eigenvalue weighted by molar-refractivity contribution is 0.180. The highest BCUT2D eigenvalue weighted by Crippen LogP contribution is 2.38. The molecule has 1 aromatic heterocycles. The molecule has 0 saturated heterocycles. The number of pyridine rings is 1. The summed E-state index contributed by atoms with van der Waals surface area (Å²) in [7, 11) is 0. The molecule has 0 radical (unpaired) electrons. The van der Waals surface area contributed by atoms with E-state index < -0.39 is 0 Å². The predicted molar refractivity (Wildman–Crippen MR) is 104 cm³/mol. The first-order valence-corrected chi connectivity index (χ1v) is 9.53. The number of aliphatic imine (C=N–C) groups is 1. The monoisotopic (exact) mass is 349 g/mol. The van der Waals surface area contributed by atoms with Crippen molar-refractivity contribution in [2.24, 2.45) is 10.4 Å². The minimum absolute atomic E-state index is 0.160. The molecule has 0 fully saturated rings. The van der Waals surface area contributed by atoms with Gasteiger partial charge in [-0.2, -0.15) is 0 Å². The number of nitrogens with one attached hydrogen (secondary N) is 1. The first-order valence-electron chi connectivity index (χ1n) is 9.53. The van der Waals surface area contributed by atoms with E-state index in [1.165, 1.54) is 28.8 Å². The van der Waals surface area contributed by atoms with E-state index in [1.807, 2.05) is 6.20 Å². The molecule has 0 amide bonds. The predicted octanol–water partition coefficient (Wildman–Crippen LogP) is 4.45. The van der Waals surface area contributed by atoms with Crippen molar-refractivity contribution >= 4 is 5.90 Å². The van der Waals surface area contributed by atoms with Crippen LogP contribution in [0.25, 0.3) is 0 Å². The Hall–Kier alpha value is -2.20. The Morgan fingerprint density at radius 3 is 2.69 bits per heavy atom. The van der Waals surface area contributed by atoms with Crippen molar-refractivity contribution < 1.29 is 4.84 Å². The van der Waals surface area contributed by atoms with Crippen LogP contribution in [0.4, 0.5) is 0 Å². The van der Waals surface area contributed by atoms with E-state index in [4.69, 9.17) is 14.8 Å². The third-order valence-electron chi connectivity index (χ3n) is 5.57. The standard InChI is InChI=1S/C22H27N3O/c1-5-19-17-12-22(3,4)11-10-16(17)18(13-23-19)21-24-20(25-26-21)15-8-6-14(2)7-9-15/h6-9,13,20,25H,5,10-12H2,1-4H3. The van der Waals surface area contributed by atoms with Crippen LogP contribution in [0, 0.1) is 12.3 Å². The van der Waals surface area contributed by atoms with Gasteiger partial charge < -0.3 is 4.84 Å². The summed E-state index contributed by atoms with van der Waals surface area (Å²) in [6.07, 6.45) is 6.08. The number of nitrogens with zero attached hydrogens (tertiary/aromatic N) is 2. The van der Waals surface area contributed by atoms with Crippen LogP contribution < -0.4 is 5.48 Å².